The number of carbonyl (C=O) groups is 1. The van der Waals surface area contributed by atoms with Gasteiger partial charge in [0.2, 0.25) is 0 Å². The second-order valence-electron chi connectivity index (χ2n) is 3.42. The van der Waals surface area contributed by atoms with E-state index in [1.54, 1.807) is 6.92 Å². The highest BCUT2D eigenvalue weighted by Crippen LogP contribution is 2.25. The molecule has 0 bridgehead atoms. The summed E-state index contributed by atoms with van der Waals surface area (Å²) in [6.45, 7) is 5.99. The first-order valence-corrected chi connectivity index (χ1v) is 5.79. The van der Waals surface area contributed by atoms with E-state index in [0.717, 1.165) is 5.56 Å². The fourth-order valence-electron chi connectivity index (χ4n) is 1.08. The molecule has 0 spiro atoms. The fraction of sp³-hybridized carbons (Fsp3) is 0.417. The molecule has 0 radical (unpaired) electrons. The molecule has 0 aliphatic rings. The maximum absolute atomic E-state index is 11.0. The molecule has 0 fully saturated rings. The third kappa shape index (κ3) is 3.18. The van der Waals surface area contributed by atoms with E-state index in [1.165, 1.54) is 11.3 Å². The van der Waals surface area contributed by atoms with E-state index in [1.807, 2.05) is 36.0 Å². The van der Waals surface area contributed by atoms with Gasteiger partial charge in [-0.1, -0.05) is 26.0 Å². The topological polar surface area (TPSA) is 17.1 Å². The Morgan fingerprint density at radius 1 is 1.36 bits per heavy atom. The van der Waals surface area contributed by atoms with Crippen LogP contribution in [0.3, 0.4) is 0 Å². The summed E-state index contributed by atoms with van der Waals surface area (Å²) in [7, 11) is 0. The molecule has 0 saturated heterocycles. The summed E-state index contributed by atoms with van der Waals surface area (Å²) in [5.41, 5.74) is 0.790. The van der Waals surface area contributed by atoms with Gasteiger partial charge in [-0.25, -0.2) is 0 Å². The lowest BCUT2D eigenvalue weighted by Gasteiger charge is -2.07. The van der Waals surface area contributed by atoms with Gasteiger partial charge in [0.05, 0.1) is 0 Å². The van der Waals surface area contributed by atoms with E-state index in [0.29, 0.717) is 5.25 Å². The van der Waals surface area contributed by atoms with Crippen molar-refractivity contribution >= 4 is 17.5 Å². The van der Waals surface area contributed by atoms with Crippen LogP contribution in [-0.4, -0.2) is 11.0 Å². The van der Waals surface area contributed by atoms with Crippen molar-refractivity contribution < 1.29 is 4.79 Å². The Balaban J connectivity index is 2.68. The Labute approximate surface area is 89.9 Å². The zero-order chi connectivity index (χ0) is 10.6. The number of benzene rings is 1. The molecule has 76 valence electrons. The molecule has 0 N–H and O–H groups in total. The van der Waals surface area contributed by atoms with E-state index in [-0.39, 0.29) is 5.78 Å². The number of rotatable bonds is 4. The van der Waals surface area contributed by atoms with Gasteiger partial charge in [-0.2, -0.15) is 0 Å². The lowest BCUT2D eigenvalue weighted by atomic mass is 10.2. The molecule has 0 heterocycles. The van der Waals surface area contributed by atoms with Crippen LogP contribution in [0.4, 0.5) is 0 Å². The molecular weight excluding hydrogens is 192 g/mol. The molecule has 1 aromatic carbocycles. The molecule has 1 aromatic rings. The van der Waals surface area contributed by atoms with Gasteiger partial charge in [-0.05, 0) is 25.5 Å². The number of hydrogen-bond acceptors (Lipinski definition) is 2. The Morgan fingerprint density at radius 2 is 1.93 bits per heavy atom. The predicted molar refractivity (Wildman–Crippen MR) is 62.1 cm³/mol. The number of ketones is 1. The van der Waals surface area contributed by atoms with Crippen molar-refractivity contribution in [3.8, 4) is 0 Å². The molecule has 1 atom stereocenters. The Morgan fingerprint density at radius 3 is 2.36 bits per heavy atom. The van der Waals surface area contributed by atoms with Gasteiger partial charge in [0.15, 0.2) is 5.78 Å². The van der Waals surface area contributed by atoms with Crippen LogP contribution in [-0.2, 0) is 0 Å². The highest BCUT2D eigenvalue weighted by atomic mass is 32.2. The Kier molecular flexibility index (Phi) is 4.21. The first-order valence-electron chi connectivity index (χ1n) is 4.91. The summed E-state index contributed by atoms with van der Waals surface area (Å²) in [6, 6.07) is 7.83. The zero-order valence-corrected chi connectivity index (χ0v) is 9.73. The molecule has 0 amide bonds. The van der Waals surface area contributed by atoms with E-state index < -0.39 is 0 Å². The first-order chi connectivity index (χ1) is 6.63. The van der Waals surface area contributed by atoms with E-state index in [2.05, 4.69) is 13.8 Å². The normalized spacial score (nSPS) is 12.5. The van der Waals surface area contributed by atoms with Gasteiger partial charge in [0.25, 0.3) is 0 Å². The van der Waals surface area contributed by atoms with E-state index in [9.17, 15) is 4.79 Å². The maximum Gasteiger partial charge on any atom is 0.159 e. The number of carbonyl (C=O) groups excluding carboxylic acids is 1. The SMILES string of the molecule is CCC(C)Sc1ccc(C(C)=O)cc1. The molecule has 0 saturated carbocycles. The highest BCUT2D eigenvalue weighted by Gasteiger charge is 2.02. The third-order valence-corrected chi connectivity index (χ3v) is 3.45. The lowest BCUT2D eigenvalue weighted by molar-refractivity contribution is 0.101. The highest BCUT2D eigenvalue weighted by molar-refractivity contribution is 7.99. The van der Waals surface area contributed by atoms with Crippen LogP contribution in [0.5, 0.6) is 0 Å². The first kappa shape index (κ1) is 11.3. The van der Waals surface area contributed by atoms with Crippen LogP contribution in [0.15, 0.2) is 29.2 Å². The summed E-state index contributed by atoms with van der Waals surface area (Å²) in [5, 5.41) is 0.637. The van der Waals surface area contributed by atoms with Crippen molar-refractivity contribution in [2.24, 2.45) is 0 Å². The van der Waals surface area contributed by atoms with Crippen molar-refractivity contribution in [3.63, 3.8) is 0 Å². The summed E-state index contributed by atoms with van der Waals surface area (Å²) >= 11 is 1.85. The van der Waals surface area contributed by atoms with Crippen molar-refractivity contribution in [2.75, 3.05) is 0 Å². The molecule has 0 aliphatic heterocycles. The minimum Gasteiger partial charge on any atom is -0.295 e. The van der Waals surface area contributed by atoms with Gasteiger partial charge >= 0.3 is 0 Å². The molecule has 1 rings (SSSR count). The molecule has 2 heteroatoms. The van der Waals surface area contributed by atoms with Crippen LogP contribution in [0.2, 0.25) is 0 Å². The van der Waals surface area contributed by atoms with Crippen molar-refractivity contribution in [3.05, 3.63) is 29.8 Å². The number of hydrogen-bond donors (Lipinski definition) is 0. The molecule has 1 unspecified atom stereocenters. The zero-order valence-electron chi connectivity index (χ0n) is 8.91. The second-order valence-corrected chi connectivity index (χ2v) is 4.93. The lowest BCUT2D eigenvalue weighted by Crippen LogP contribution is -1.93. The molecule has 1 nitrogen and oxygen atoms in total. The summed E-state index contributed by atoms with van der Waals surface area (Å²) in [6.07, 6.45) is 1.17. The maximum atomic E-state index is 11.0. The molecule has 14 heavy (non-hydrogen) atoms. The van der Waals surface area contributed by atoms with Crippen molar-refractivity contribution in [1.82, 2.24) is 0 Å². The van der Waals surface area contributed by atoms with E-state index in [4.69, 9.17) is 0 Å². The van der Waals surface area contributed by atoms with Crippen molar-refractivity contribution in [1.29, 1.82) is 0 Å². The summed E-state index contributed by atoms with van der Waals surface area (Å²) in [5.74, 6) is 0.130. The van der Waals surface area contributed by atoms with Crippen LogP contribution < -0.4 is 0 Å². The average molecular weight is 208 g/mol. The van der Waals surface area contributed by atoms with Crippen LogP contribution in [0.25, 0.3) is 0 Å². The number of thioether (sulfide) groups is 1. The monoisotopic (exact) mass is 208 g/mol. The molecular formula is C12H16OS. The largest absolute Gasteiger partial charge is 0.295 e. The standard InChI is InChI=1S/C12H16OS/c1-4-9(2)14-12-7-5-11(6-8-12)10(3)13/h5-9H,4H2,1-3H3. The van der Waals surface area contributed by atoms with Gasteiger partial charge in [-0.15, -0.1) is 11.8 Å². The summed E-state index contributed by atoms with van der Waals surface area (Å²) < 4.78 is 0. The minimum atomic E-state index is 0.130. The predicted octanol–water partition coefficient (Wildman–Crippen LogP) is 3.78. The van der Waals surface area contributed by atoms with Crippen molar-refractivity contribution in [2.45, 2.75) is 37.3 Å². The quantitative estimate of drug-likeness (QED) is 0.553. The molecule has 0 aromatic heterocycles. The third-order valence-electron chi connectivity index (χ3n) is 2.17. The second kappa shape index (κ2) is 5.20. The Bertz CT molecular complexity index is 303. The van der Waals surface area contributed by atoms with Gasteiger partial charge in [0.1, 0.15) is 0 Å². The van der Waals surface area contributed by atoms with Gasteiger partial charge < -0.3 is 0 Å². The number of Topliss-reactive ketones (excluding diaryl/α,β-unsaturated/α-hetero) is 1. The smallest absolute Gasteiger partial charge is 0.159 e. The van der Waals surface area contributed by atoms with E-state index >= 15 is 0 Å². The summed E-state index contributed by atoms with van der Waals surface area (Å²) in [4.78, 5) is 12.3. The molecule has 0 aliphatic carbocycles. The van der Waals surface area contributed by atoms with Crippen LogP contribution >= 0.6 is 11.8 Å². The average Bonchev–Trinajstić information content (AvgIpc) is 2.18. The Hall–Kier alpha value is -0.760. The van der Waals surface area contributed by atoms with Gasteiger partial charge in [-0.3, -0.25) is 4.79 Å². The van der Waals surface area contributed by atoms with Gasteiger partial charge in [0, 0.05) is 15.7 Å². The van der Waals surface area contributed by atoms with Crippen LogP contribution in [0, 0.1) is 0 Å². The van der Waals surface area contributed by atoms with Crippen LogP contribution in [0.1, 0.15) is 37.6 Å². The minimum absolute atomic E-state index is 0.130. The fourth-order valence-corrected chi connectivity index (χ4v) is 2.01.